The molecule has 0 aromatic heterocycles. The molecule has 2 nitrogen and oxygen atoms in total. The molecule has 16 heavy (non-hydrogen) atoms. The number of rotatable bonds is 1. The minimum absolute atomic E-state index is 0.135. The van der Waals surface area contributed by atoms with Crippen LogP contribution in [-0.4, -0.2) is 5.91 Å². The molecule has 0 bridgehead atoms. The summed E-state index contributed by atoms with van der Waals surface area (Å²) in [6.45, 7) is 7.42. The average molecular weight is 217 g/mol. The quantitative estimate of drug-likeness (QED) is 0.769. The van der Waals surface area contributed by atoms with Crippen molar-refractivity contribution in [2.75, 3.05) is 0 Å². The van der Waals surface area contributed by atoms with Crippen LogP contribution in [0.1, 0.15) is 37.5 Å². The van der Waals surface area contributed by atoms with Gasteiger partial charge in [0.1, 0.15) is 0 Å². The number of benzene rings is 1. The maximum atomic E-state index is 11.2. The molecule has 0 aliphatic carbocycles. The van der Waals surface area contributed by atoms with E-state index in [2.05, 4.69) is 44.3 Å². The number of fused-ring (bicyclic) bond motifs is 1. The summed E-state index contributed by atoms with van der Waals surface area (Å²) in [5, 5.41) is 2.89. The number of hydrogen-bond acceptors (Lipinski definition) is 1. The van der Waals surface area contributed by atoms with Crippen LogP contribution in [0.2, 0.25) is 0 Å². The van der Waals surface area contributed by atoms with Crippen molar-refractivity contribution in [3.05, 3.63) is 34.9 Å². The van der Waals surface area contributed by atoms with Crippen LogP contribution in [0.5, 0.6) is 0 Å². The smallest absolute Gasteiger partial charge is 0.224 e. The zero-order chi connectivity index (χ0) is 11.8. The minimum atomic E-state index is 0.135. The molecule has 0 spiro atoms. The molecule has 0 radical (unpaired) electrons. The van der Waals surface area contributed by atoms with Crippen LogP contribution >= 0.6 is 0 Å². The van der Waals surface area contributed by atoms with Gasteiger partial charge in [0.05, 0.1) is 6.42 Å². The fourth-order valence-electron chi connectivity index (χ4n) is 2.17. The molecular formula is C14H19NO. The van der Waals surface area contributed by atoms with Crippen LogP contribution in [0.4, 0.5) is 0 Å². The molecule has 86 valence electrons. The largest absolute Gasteiger partial charge is 0.352 e. The minimum Gasteiger partial charge on any atom is -0.352 e. The summed E-state index contributed by atoms with van der Waals surface area (Å²) in [7, 11) is 0. The highest BCUT2D eigenvalue weighted by atomic mass is 16.1. The molecule has 0 atom stereocenters. The Morgan fingerprint density at radius 1 is 1.25 bits per heavy atom. The number of amides is 1. The van der Waals surface area contributed by atoms with Crippen molar-refractivity contribution in [3.8, 4) is 0 Å². The van der Waals surface area contributed by atoms with Gasteiger partial charge in [0.2, 0.25) is 5.91 Å². The average Bonchev–Trinajstić information content (AvgIpc) is 2.16. The number of carbonyl (C=O) groups is 1. The summed E-state index contributed by atoms with van der Waals surface area (Å²) < 4.78 is 0. The molecule has 0 saturated carbocycles. The summed E-state index contributed by atoms with van der Waals surface area (Å²) >= 11 is 0. The van der Waals surface area contributed by atoms with Crippen LogP contribution in [0, 0.1) is 5.41 Å². The Labute approximate surface area is 97.1 Å². The van der Waals surface area contributed by atoms with Crippen molar-refractivity contribution < 1.29 is 4.79 Å². The SMILES string of the molecule is CC(C)(C)Cc1ccc2c(c1)CNC(=O)C2. The maximum absolute atomic E-state index is 11.2. The maximum Gasteiger partial charge on any atom is 0.224 e. The molecule has 0 saturated heterocycles. The summed E-state index contributed by atoms with van der Waals surface area (Å²) in [5.74, 6) is 0.135. The lowest BCUT2D eigenvalue weighted by Crippen LogP contribution is -2.30. The Bertz CT molecular complexity index is 415. The zero-order valence-corrected chi connectivity index (χ0v) is 10.3. The van der Waals surface area contributed by atoms with Gasteiger partial charge in [-0.2, -0.15) is 0 Å². The van der Waals surface area contributed by atoms with Crippen molar-refractivity contribution in [1.82, 2.24) is 5.32 Å². The summed E-state index contributed by atoms with van der Waals surface area (Å²) in [5.41, 5.74) is 4.14. The van der Waals surface area contributed by atoms with Gasteiger partial charge in [0.15, 0.2) is 0 Å². The van der Waals surface area contributed by atoms with E-state index in [1.165, 1.54) is 16.7 Å². The Kier molecular flexibility index (Phi) is 2.75. The molecule has 1 heterocycles. The molecule has 2 heteroatoms. The van der Waals surface area contributed by atoms with E-state index in [1.54, 1.807) is 0 Å². The van der Waals surface area contributed by atoms with Crippen LogP contribution in [0.3, 0.4) is 0 Å². The van der Waals surface area contributed by atoms with Crippen LogP contribution in [0.25, 0.3) is 0 Å². The third-order valence-corrected chi connectivity index (χ3v) is 2.83. The van der Waals surface area contributed by atoms with E-state index in [0.717, 1.165) is 6.42 Å². The highest BCUT2D eigenvalue weighted by Gasteiger charge is 2.16. The van der Waals surface area contributed by atoms with Gasteiger partial charge in [-0.3, -0.25) is 4.79 Å². The molecule has 1 amide bonds. The Morgan fingerprint density at radius 2 is 2.00 bits per heavy atom. The van der Waals surface area contributed by atoms with E-state index < -0.39 is 0 Å². The predicted molar refractivity (Wildman–Crippen MR) is 65.2 cm³/mol. The normalized spacial score (nSPS) is 15.6. The monoisotopic (exact) mass is 217 g/mol. The summed E-state index contributed by atoms with van der Waals surface area (Å²) in [6, 6.07) is 6.50. The van der Waals surface area contributed by atoms with E-state index in [1.807, 2.05) is 0 Å². The second-order valence-electron chi connectivity index (χ2n) is 5.79. The highest BCUT2D eigenvalue weighted by Crippen LogP contribution is 2.23. The fraction of sp³-hybridized carbons (Fsp3) is 0.500. The van der Waals surface area contributed by atoms with Crippen LogP contribution < -0.4 is 5.32 Å². The van der Waals surface area contributed by atoms with Gasteiger partial charge in [0, 0.05) is 6.54 Å². The molecule has 1 aliphatic heterocycles. The third-order valence-electron chi connectivity index (χ3n) is 2.83. The molecule has 0 unspecified atom stereocenters. The number of carbonyl (C=O) groups excluding carboxylic acids is 1. The van der Waals surface area contributed by atoms with E-state index in [4.69, 9.17) is 0 Å². The third kappa shape index (κ3) is 2.63. The van der Waals surface area contributed by atoms with Crippen molar-refractivity contribution in [2.45, 2.75) is 40.2 Å². The first-order valence-electron chi connectivity index (χ1n) is 5.81. The second-order valence-corrected chi connectivity index (χ2v) is 5.79. The van der Waals surface area contributed by atoms with E-state index >= 15 is 0 Å². The van der Waals surface area contributed by atoms with E-state index in [0.29, 0.717) is 18.4 Å². The second kappa shape index (κ2) is 3.93. The highest BCUT2D eigenvalue weighted by molar-refractivity contribution is 5.80. The van der Waals surface area contributed by atoms with Gasteiger partial charge in [-0.25, -0.2) is 0 Å². The molecule has 1 aromatic rings. The fourth-order valence-corrected chi connectivity index (χ4v) is 2.17. The van der Waals surface area contributed by atoms with E-state index in [-0.39, 0.29) is 5.91 Å². The number of hydrogen-bond donors (Lipinski definition) is 1. The van der Waals surface area contributed by atoms with Crippen molar-refractivity contribution >= 4 is 5.91 Å². The topological polar surface area (TPSA) is 29.1 Å². The van der Waals surface area contributed by atoms with Gasteiger partial charge >= 0.3 is 0 Å². The first kappa shape index (κ1) is 11.2. The molecule has 1 N–H and O–H groups in total. The first-order valence-corrected chi connectivity index (χ1v) is 5.81. The first-order chi connectivity index (χ1) is 7.44. The van der Waals surface area contributed by atoms with Crippen LogP contribution in [0.15, 0.2) is 18.2 Å². The van der Waals surface area contributed by atoms with Gasteiger partial charge in [0.25, 0.3) is 0 Å². The van der Waals surface area contributed by atoms with Crippen molar-refractivity contribution in [1.29, 1.82) is 0 Å². The van der Waals surface area contributed by atoms with E-state index in [9.17, 15) is 4.79 Å². The lowest BCUT2D eigenvalue weighted by Gasteiger charge is -2.21. The van der Waals surface area contributed by atoms with Crippen molar-refractivity contribution in [2.24, 2.45) is 5.41 Å². The predicted octanol–water partition coefficient (Wildman–Crippen LogP) is 2.45. The standard InChI is InChI=1S/C14H19NO/c1-14(2,3)8-10-4-5-11-7-13(16)15-9-12(11)6-10/h4-6H,7-9H2,1-3H3,(H,15,16). The Hall–Kier alpha value is -1.31. The Morgan fingerprint density at radius 3 is 2.69 bits per heavy atom. The van der Waals surface area contributed by atoms with Gasteiger partial charge in [-0.1, -0.05) is 39.0 Å². The van der Waals surface area contributed by atoms with Gasteiger partial charge in [-0.05, 0) is 28.5 Å². The lowest BCUT2D eigenvalue weighted by molar-refractivity contribution is -0.121. The van der Waals surface area contributed by atoms with Crippen molar-refractivity contribution in [3.63, 3.8) is 0 Å². The van der Waals surface area contributed by atoms with Gasteiger partial charge < -0.3 is 5.32 Å². The van der Waals surface area contributed by atoms with Gasteiger partial charge in [-0.15, -0.1) is 0 Å². The molecular weight excluding hydrogens is 198 g/mol. The molecule has 0 fully saturated rings. The Balaban J connectivity index is 2.23. The summed E-state index contributed by atoms with van der Waals surface area (Å²) in [6.07, 6.45) is 1.61. The molecule has 1 aliphatic rings. The zero-order valence-electron chi connectivity index (χ0n) is 10.3. The molecule has 2 rings (SSSR count). The number of nitrogens with one attached hydrogen (secondary N) is 1. The van der Waals surface area contributed by atoms with Crippen LogP contribution in [-0.2, 0) is 24.2 Å². The lowest BCUT2D eigenvalue weighted by atomic mass is 9.86. The summed E-state index contributed by atoms with van der Waals surface area (Å²) in [4.78, 5) is 11.2. The molecule has 1 aromatic carbocycles.